The fourth-order valence-corrected chi connectivity index (χ4v) is 6.55. The first kappa shape index (κ1) is 33.4. The largest absolute Gasteiger partial charge is 0.350 e. The molecule has 0 aliphatic carbocycles. The number of amides is 2. The summed E-state index contributed by atoms with van der Waals surface area (Å²) in [5.41, 5.74) is 2.26. The van der Waals surface area contributed by atoms with Crippen molar-refractivity contribution in [1.82, 2.24) is 10.2 Å². The van der Waals surface area contributed by atoms with E-state index in [2.05, 4.69) is 5.32 Å². The molecule has 0 heterocycles. The van der Waals surface area contributed by atoms with Crippen LogP contribution in [0.4, 0.5) is 10.1 Å². The summed E-state index contributed by atoms with van der Waals surface area (Å²) in [4.78, 5) is 29.8. The summed E-state index contributed by atoms with van der Waals surface area (Å²) in [6.45, 7) is 8.32. The van der Waals surface area contributed by atoms with Gasteiger partial charge in [0, 0.05) is 24.1 Å². The van der Waals surface area contributed by atoms with Crippen LogP contribution < -0.4 is 9.62 Å². The number of rotatable bonds is 11. The van der Waals surface area contributed by atoms with E-state index in [9.17, 15) is 18.0 Å². The van der Waals surface area contributed by atoms with Crippen molar-refractivity contribution in [1.29, 1.82) is 0 Å². The van der Waals surface area contributed by atoms with Crippen molar-refractivity contribution >= 4 is 27.5 Å². The molecule has 4 rings (SSSR count). The highest BCUT2D eigenvalue weighted by molar-refractivity contribution is 7.92. The van der Waals surface area contributed by atoms with Crippen LogP contribution in [-0.2, 0) is 32.6 Å². The van der Waals surface area contributed by atoms with Crippen molar-refractivity contribution in [2.24, 2.45) is 0 Å². The van der Waals surface area contributed by atoms with Gasteiger partial charge >= 0.3 is 0 Å². The van der Waals surface area contributed by atoms with Crippen molar-refractivity contribution in [3.8, 4) is 0 Å². The maximum Gasteiger partial charge on any atom is 0.264 e. The van der Waals surface area contributed by atoms with Gasteiger partial charge in [-0.15, -0.1) is 0 Å². The fraction of sp³-hybridized carbons (Fsp3) is 0.278. The van der Waals surface area contributed by atoms with E-state index in [0.717, 1.165) is 15.4 Å². The first-order chi connectivity index (χ1) is 21.3. The van der Waals surface area contributed by atoms with Crippen LogP contribution in [-0.4, -0.2) is 43.3 Å². The number of benzene rings is 4. The lowest BCUT2D eigenvalue weighted by atomic mass is 10.0. The molecule has 0 saturated heterocycles. The van der Waals surface area contributed by atoms with E-state index < -0.39 is 45.8 Å². The van der Waals surface area contributed by atoms with Crippen molar-refractivity contribution < 1.29 is 22.4 Å². The molecule has 7 nitrogen and oxygen atoms in total. The van der Waals surface area contributed by atoms with Crippen molar-refractivity contribution in [3.05, 3.63) is 131 Å². The Morgan fingerprint density at radius 3 is 2.04 bits per heavy atom. The molecule has 4 aromatic rings. The quantitative estimate of drug-likeness (QED) is 0.214. The monoisotopic (exact) mass is 629 g/mol. The standard InChI is InChI=1S/C36H40FN3O4S/c1-26-15-14-22-32(27(26)2)40(45(43,44)30-19-10-7-11-20-30)25-34(41)39(24-29-18-12-13-21-31(29)37)33(35(42)38-36(3,4)5)23-28-16-8-6-9-17-28/h6-22,33H,23-25H2,1-5H3,(H,38,42)/t33-/m1/s1. The molecule has 2 amide bonds. The van der Waals surface area contributed by atoms with Crippen LogP contribution in [0.3, 0.4) is 0 Å². The molecule has 1 atom stereocenters. The van der Waals surface area contributed by atoms with Crippen LogP contribution in [0.25, 0.3) is 0 Å². The zero-order chi connectivity index (χ0) is 32.8. The molecule has 0 saturated carbocycles. The van der Waals surface area contributed by atoms with Gasteiger partial charge in [0.15, 0.2) is 0 Å². The molecule has 0 fully saturated rings. The molecule has 0 aliphatic rings. The van der Waals surface area contributed by atoms with E-state index >= 15 is 4.39 Å². The molecule has 0 radical (unpaired) electrons. The summed E-state index contributed by atoms with van der Waals surface area (Å²) >= 11 is 0. The molecule has 0 bridgehead atoms. The molecule has 1 N–H and O–H groups in total. The third-order valence-electron chi connectivity index (χ3n) is 7.52. The Morgan fingerprint density at radius 1 is 0.822 bits per heavy atom. The normalized spacial score (nSPS) is 12.3. The lowest BCUT2D eigenvalue weighted by molar-refractivity contribution is -0.140. The van der Waals surface area contributed by atoms with Crippen LogP contribution in [0.15, 0.2) is 108 Å². The smallest absolute Gasteiger partial charge is 0.264 e. The fourth-order valence-electron chi connectivity index (χ4n) is 5.06. The molecule has 4 aromatic carbocycles. The number of sulfonamides is 1. The third kappa shape index (κ3) is 8.36. The zero-order valence-electron chi connectivity index (χ0n) is 26.3. The van der Waals surface area contributed by atoms with Crippen molar-refractivity contribution in [2.75, 3.05) is 10.8 Å². The number of nitrogens with zero attached hydrogens (tertiary/aromatic N) is 2. The molecule has 9 heteroatoms. The van der Waals surface area contributed by atoms with E-state index in [4.69, 9.17) is 0 Å². The number of halogens is 1. The zero-order valence-corrected chi connectivity index (χ0v) is 27.1. The molecule has 0 unspecified atom stereocenters. The number of hydrogen-bond acceptors (Lipinski definition) is 4. The minimum atomic E-state index is -4.23. The minimum Gasteiger partial charge on any atom is -0.350 e. The van der Waals surface area contributed by atoms with Gasteiger partial charge in [-0.25, -0.2) is 12.8 Å². The Kier molecular flexibility index (Phi) is 10.4. The number of carbonyl (C=O) groups excluding carboxylic acids is 2. The number of anilines is 1. The van der Waals surface area contributed by atoms with E-state index in [-0.39, 0.29) is 23.4 Å². The van der Waals surface area contributed by atoms with Gasteiger partial charge in [0.05, 0.1) is 10.6 Å². The van der Waals surface area contributed by atoms with Gasteiger partial charge in [-0.2, -0.15) is 0 Å². The average molecular weight is 630 g/mol. The first-order valence-corrected chi connectivity index (χ1v) is 16.2. The topological polar surface area (TPSA) is 86.8 Å². The van der Waals surface area contributed by atoms with Crippen molar-refractivity contribution in [2.45, 2.75) is 64.1 Å². The molecule has 236 valence electrons. The first-order valence-electron chi connectivity index (χ1n) is 14.8. The summed E-state index contributed by atoms with van der Waals surface area (Å²) in [5, 5.41) is 2.97. The summed E-state index contributed by atoms with van der Waals surface area (Å²) < 4.78 is 44.5. The predicted molar refractivity (Wildman–Crippen MR) is 176 cm³/mol. The number of aryl methyl sites for hydroxylation is 1. The van der Waals surface area contributed by atoms with E-state index in [1.165, 1.54) is 23.1 Å². The second-order valence-corrected chi connectivity index (χ2v) is 14.0. The van der Waals surface area contributed by atoms with Crippen molar-refractivity contribution in [3.63, 3.8) is 0 Å². The molecule has 0 spiro atoms. The van der Waals surface area contributed by atoms with Gasteiger partial charge < -0.3 is 10.2 Å². The lowest BCUT2D eigenvalue weighted by Crippen LogP contribution is -2.56. The second kappa shape index (κ2) is 14.1. The van der Waals surface area contributed by atoms with Gasteiger partial charge in [0.25, 0.3) is 10.0 Å². The summed E-state index contributed by atoms with van der Waals surface area (Å²) in [6, 6.07) is 27.4. The Bertz CT molecular complexity index is 1740. The molecular formula is C36H40FN3O4S. The summed E-state index contributed by atoms with van der Waals surface area (Å²) in [5.74, 6) is -1.61. The van der Waals surface area contributed by atoms with E-state index in [1.807, 2.05) is 64.1 Å². The Balaban J connectivity index is 1.85. The summed E-state index contributed by atoms with van der Waals surface area (Å²) in [7, 11) is -4.23. The van der Waals surface area contributed by atoms with Crippen LogP contribution >= 0.6 is 0 Å². The second-order valence-electron chi connectivity index (χ2n) is 12.1. The lowest BCUT2D eigenvalue weighted by Gasteiger charge is -2.35. The highest BCUT2D eigenvalue weighted by Crippen LogP contribution is 2.29. The Labute approximate surface area is 265 Å². The summed E-state index contributed by atoms with van der Waals surface area (Å²) in [6.07, 6.45) is 0.137. The predicted octanol–water partition coefficient (Wildman–Crippen LogP) is 6.19. The molecule has 45 heavy (non-hydrogen) atoms. The molecular weight excluding hydrogens is 589 g/mol. The third-order valence-corrected chi connectivity index (χ3v) is 9.30. The van der Waals surface area contributed by atoms with E-state index in [1.54, 1.807) is 55.5 Å². The van der Waals surface area contributed by atoms with Gasteiger partial charge in [0.1, 0.15) is 18.4 Å². The SMILES string of the molecule is Cc1cccc(N(CC(=O)N(Cc2ccccc2F)[C@H](Cc2ccccc2)C(=O)NC(C)(C)C)S(=O)(=O)c2ccccc2)c1C. The van der Waals surface area contributed by atoms with E-state index in [0.29, 0.717) is 11.3 Å². The Hall–Kier alpha value is -4.50. The highest BCUT2D eigenvalue weighted by Gasteiger charge is 2.36. The maximum atomic E-state index is 15.1. The Morgan fingerprint density at radius 2 is 1.42 bits per heavy atom. The van der Waals surface area contributed by atoms with Crippen LogP contribution in [0, 0.1) is 19.7 Å². The van der Waals surface area contributed by atoms with Gasteiger partial charge in [0.2, 0.25) is 11.8 Å². The average Bonchev–Trinajstić information content (AvgIpc) is 3.00. The number of carbonyl (C=O) groups is 2. The maximum absolute atomic E-state index is 15.1. The molecule has 0 aliphatic heterocycles. The van der Waals surface area contributed by atoms with Crippen LogP contribution in [0.1, 0.15) is 43.0 Å². The number of hydrogen-bond donors (Lipinski definition) is 1. The minimum absolute atomic E-state index is 0.0191. The molecule has 0 aromatic heterocycles. The van der Waals surface area contributed by atoms with Crippen LogP contribution in [0.2, 0.25) is 0 Å². The van der Waals surface area contributed by atoms with Crippen LogP contribution in [0.5, 0.6) is 0 Å². The van der Waals surface area contributed by atoms with Gasteiger partial charge in [-0.1, -0.05) is 78.9 Å². The number of nitrogens with one attached hydrogen (secondary N) is 1. The highest BCUT2D eigenvalue weighted by atomic mass is 32.2. The van der Waals surface area contributed by atoms with Gasteiger partial charge in [-0.3, -0.25) is 13.9 Å². The van der Waals surface area contributed by atoms with Gasteiger partial charge in [-0.05, 0) is 75.6 Å².